The van der Waals surface area contributed by atoms with Gasteiger partial charge in [-0.1, -0.05) is 11.6 Å². The fraction of sp³-hybridized carbons (Fsp3) is 0.750. The van der Waals surface area contributed by atoms with E-state index >= 15 is 0 Å². The highest BCUT2D eigenvalue weighted by molar-refractivity contribution is 5.74. The number of carbonyl (C=O) groups excluding carboxylic acids is 1. The highest BCUT2D eigenvalue weighted by atomic mass is 16.2. The molecule has 2 aliphatic rings. The molecule has 2 aliphatic carbocycles. The van der Waals surface area contributed by atoms with Gasteiger partial charge in [-0.05, 0) is 44.9 Å². The highest BCUT2D eigenvalue weighted by Gasteiger charge is 2.22. The summed E-state index contributed by atoms with van der Waals surface area (Å²) in [7, 11) is 0. The molecule has 0 spiro atoms. The normalized spacial score (nSPS) is 20.7. The number of allylic oxidation sites excluding steroid dienone is 1. The Labute approximate surface area is 91.3 Å². The Morgan fingerprint density at radius 3 is 2.93 bits per heavy atom. The van der Waals surface area contributed by atoms with Gasteiger partial charge < -0.3 is 10.6 Å². The Kier molecular flexibility index (Phi) is 3.64. The van der Waals surface area contributed by atoms with Gasteiger partial charge in [-0.25, -0.2) is 4.79 Å². The molecule has 0 unspecified atom stereocenters. The van der Waals surface area contributed by atoms with E-state index in [0.717, 1.165) is 25.8 Å². The Balaban J connectivity index is 1.56. The van der Waals surface area contributed by atoms with Gasteiger partial charge in [0, 0.05) is 12.6 Å². The third kappa shape index (κ3) is 3.94. The van der Waals surface area contributed by atoms with Crippen molar-refractivity contribution in [1.82, 2.24) is 10.6 Å². The quantitative estimate of drug-likeness (QED) is 0.684. The van der Waals surface area contributed by atoms with Gasteiger partial charge in [0.1, 0.15) is 0 Å². The summed E-state index contributed by atoms with van der Waals surface area (Å²) in [6, 6.07) is 0.466. The van der Waals surface area contributed by atoms with Crippen LogP contribution in [0.15, 0.2) is 11.6 Å². The third-order valence-electron chi connectivity index (χ3n) is 3.03. The van der Waals surface area contributed by atoms with E-state index in [9.17, 15) is 4.79 Å². The number of rotatable bonds is 4. The smallest absolute Gasteiger partial charge is 0.315 e. The summed E-state index contributed by atoms with van der Waals surface area (Å²) in [5.74, 6) is 0. The maximum absolute atomic E-state index is 11.3. The zero-order valence-corrected chi connectivity index (χ0v) is 9.22. The Morgan fingerprint density at radius 2 is 2.27 bits per heavy atom. The van der Waals surface area contributed by atoms with Gasteiger partial charge in [0.2, 0.25) is 0 Å². The minimum atomic E-state index is 0.00825. The van der Waals surface area contributed by atoms with E-state index in [0.29, 0.717) is 6.04 Å². The van der Waals surface area contributed by atoms with E-state index in [2.05, 4.69) is 16.7 Å². The summed E-state index contributed by atoms with van der Waals surface area (Å²) in [6.45, 7) is 0.782. The second-order valence-electron chi connectivity index (χ2n) is 4.53. The minimum Gasteiger partial charge on any atom is -0.338 e. The lowest BCUT2D eigenvalue weighted by Gasteiger charge is -2.13. The number of nitrogens with one attached hydrogen (secondary N) is 2. The van der Waals surface area contributed by atoms with Crippen LogP contribution in [-0.4, -0.2) is 18.6 Å². The molecule has 0 aromatic rings. The van der Waals surface area contributed by atoms with E-state index in [1.807, 2.05) is 0 Å². The van der Waals surface area contributed by atoms with Crippen molar-refractivity contribution >= 4 is 6.03 Å². The summed E-state index contributed by atoms with van der Waals surface area (Å²) in [4.78, 5) is 11.3. The lowest BCUT2D eigenvalue weighted by Crippen LogP contribution is -2.37. The monoisotopic (exact) mass is 208 g/mol. The summed E-state index contributed by atoms with van der Waals surface area (Å²) >= 11 is 0. The lowest BCUT2D eigenvalue weighted by atomic mass is 9.97. The predicted molar refractivity (Wildman–Crippen MR) is 60.7 cm³/mol. The van der Waals surface area contributed by atoms with Crippen LogP contribution in [0.3, 0.4) is 0 Å². The summed E-state index contributed by atoms with van der Waals surface area (Å²) in [6.07, 6.45) is 10.8. The molecule has 0 saturated heterocycles. The molecule has 0 aromatic heterocycles. The van der Waals surface area contributed by atoms with Crippen molar-refractivity contribution in [2.45, 2.75) is 51.0 Å². The van der Waals surface area contributed by atoms with Crippen LogP contribution in [0.2, 0.25) is 0 Å². The second-order valence-corrected chi connectivity index (χ2v) is 4.53. The number of urea groups is 1. The Hall–Kier alpha value is -0.990. The van der Waals surface area contributed by atoms with E-state index in [1.54, 1.807) is 0 Å². The summed E-state index contributed by atoms with van der Waals surface area (Å²) in [5, 5.41) is 5.83. The van der Waals surface area contributed by atoms with Crippen molar-refractivity contribution in [3.8, 4) is 0 Å². The molecule has 1 fully saturated rings. The van der Waals surface area contributed by atoms with Crippen LogP contribution in [0.5, 0.6) is 0 Å². The highest BCUT2D eigenvalue weighted by Crippen LogP contribution is 2.19. The first kappa shape index (κ1) is 10.5. The zero-order chi connectivity index (χ0) is 10.5. The van der Waals surface area contributed by atoms with Crippen molar-refractivity contribution in [3.05, 3.63) is 11.6 Å². The molecule has 3 nitrogen and oxygen atoms in total. The van der Waals surface area contributed by atoms with Crippen LogP contribution in [-0.2, 0) is 0 Å². The van der Waals surface area contributed by atoms with Crippen molar-refractivity contribution in [3.63, 3.8) is 0 Å². The van der Waals surface area contributed by atoms with E-state index < -0.39 is 0 Å². The Morgan fingerprint density at radius 1 is 1.40 bits per heavy atom. The van der Waals surface area contributed by atoms with E-state index in [1.165, 1.54) is 31.3 Å². The first-order valence-electron chi connectivity index (χ1n) is 6.07. The first-order valence-corrected chi connectivity index (χ1v) is 6.07. The largest absolute Gasteiger partial charge is 0.338 e. The molecule has 0 bridgehead atoms. The number of carbonyl (C=O) groups is 1. The van der Waals surface area contributed by atoms with Crippen LogP contribution < -0.4 is 10.6 Å². The molecule has 0 atom stereocenters. The van der Waals surface area contributed by atoms with Crippen molar-refractivity contribution in [2.24, 2.45) is 0 Å². The van der Waals surface area contributed by atoms with Crippen LogP contribution in [0.1, 0.15) is 44.9 Å². The molecule has 2 N–H and O–H groups in total. The third-order valence-corrected chi connectivity index (χ3v) is 3.03. The van der Waals surface area contributed by atoms with Crippen LogP contribution in [0.4, 0.5) is 4.79 Å². The van der Waals surface area contributed by atoms with Gasteiger partial charge in [0.25, 0.3) is 0 Å². The maximum atomic E-state index is 11.3. The molecule has 0 aliphatic heterocycles. The van der Waals surface area contributed by atoms with Crippen molar-refractivity contribution in [2.75, 3.05) is 6.54 Å². The molecule has 84 valence electrons. The van der Waals surface area contributed by atoms with Crippen LogP contribution in [0.25, 0.3) is 0 Å². The zero-order valence-electron chi connectivity index (χ0n) is 9.22. The van der Waals surface area contributed by atoms with Gasteiger partial charge >= 0.3 is 6.03 Å². The van der Waals surface area contributed by atoms with Crippen molar-refractivity contribution in [1.29, 1.82) is 0 Å². The predicted octanol–water partition coefficient (Wildman–Crippen LogP) is 2.34. The second kappa shape index (κ2) is 5.19. The topological polar surface area (TPSA) is 41.1 Å². The molecule has 2 rings (SSSR count). The van der Waals surface area contributed by atoms with E-state index in [-0.39, 0.29) is 6.03 Å². The van der Waals surface area contributed by atoms with Crippen LogP contribution >= 0.6 is 0 Å². The first-order chi connectivity index (χ1) is 7.34. The van der Waals surface area contributed by atoms with Gasteiger partial charge in [-0.15, -0.1) is 0 Å². The van der Waals surface area contributed by atoms with Gasteiger partial charge in [0.05, 0.1) is 0 Å². The fourth-order valence-electron chi connectivity index (χ4n) is 1.93. The van der Waals surface area contributed by atoms with Gasteiger partial charge in [0.15, 0.2) is 0 Å². The molecule has 3 heteroatoms. The molecular formula is C12H20N2O. The van der Waals surface area contributed by atoms with Crippen LogP contribution in [0, 0.1) is 0 Å². The van der Waals surface area contributed by atoms with Gasteiger partial charge in [-0.3, -0.25) is 0 Å². The maximum Gasteiger partial charge on any atom is 0.315 e. The van der Waals surface area contributed by atoms with Crippen molar-refractivity contribution < 1.29 is 4.79 Å². The minimum absolute atomic E-state index is 0.00825. The molecule has 0 radical (unpaired) electrons. The molecular weight excluding hydrogens is 188 g/mol. The fourth-order valence-corrected chi connectivity index (χ4v) is 1.93. The number of amides is 2. The lowest BCUT2D eigenvalue weighted by molar-refractivity contribution is 0.240. The average Bonchev–Trinajstić information content (AvgIpc) is 3.03. The molecule has 0 heterocycles. The molecule has 0 aromatic carbocycles. The van der Waals surface area contributed by atoms with E-state index in [4.69, 9.17) is 0 Å². The summed E-state index contributed by atoms with van der Waals surface area (Å²) < 4.78 is 0. The average molecular weight is 208 g/mol. The Bertz CT molecular complexity index is 256. The molecule has 2 amide bonds. The van der Waals surface area contributed by atoms with Gasteiger partial charge in [-0.2, -0.15) is 0 Å². The number of hydrogen-bond acceptors (Lipinski definition) is 1. The summed E-state index contributed by atoms with van der Waals surface area (Å²) in [5.41, 5.74) is 1.52. The standard InChI is InChI=1S/C12H20N2O/c15-12(14-11-6-7-11)13-9-8-10-4-2-1-3-5-10/h4,11H,1-3,5-9H2,(H2,13,14,15). The molecule has 15 heavy (non-hydrogen) atoms. The molecule has 1 saturated carbocycles. The SMILES string of the molecule is O=C(NCCC1=CCCCC1)NC1CC1. The number of hydrogen-bond donors (Lipinski definition) is 2.